The van der Waals surface area contributed by atoms with E-state index in [9.17, 15) is 9.59 Å². The van der Waals surface area contributed by atoms with Crippen molar-refractivity contribution in [3.8, 4) is 11.5 Å². The third kappa shape index (κ3) is 8.78. The number of rotatable bonds is 12. The van der Waals surface area contributed by atoms with Gasteiger partial charge < -0.3 is 19.5 Å². The Bertz CT molecular complexity index is 977. The summed E-state index contributed by atoms with van der Waals surface area (Å²) in [5.41, 5.74) is 1.93. The van der Waals surface area contributed by atoms with Gasteiger partial charge in [0.25, 0.3) is 0 Å². The van der Waals surface area contributed by atoms with Crippen LogP contribution in [0.15, 0.2) is 48.5 Å². The summed E-state index contributed by atoms with van der Waals surface area (Å²) in [7, 11) is 1.61. The third-order valence-electron chi connectivity index (χ3n) is 6.08. The number of carbonyl (C=O) groups is 2. The van der Waals surface area contributed by atoms with Crippen LogP contribution in [0, 0.1) is 0 Å². The highest BCUT2D eigenvalue weighted by Crippen LogP contribution is 2.29. The molecule has 0 unspecified atom stereocenters. The van der Waals surface area contributed by atoms with Crippen molar-refractivity contribution >= 4 is 23.6 Å². The number of carbonyl (C=O) groups excluding carboxylic acids is 2. The molecule has 0 atom stereocenters. The van der Waals surface area contributed by atoms with Crippen LogP contribution in [0.2, 0.25) is 0 Å². The monoisotopic (exact) mass is 479 g/mol. The van der Waals surface area contributed by atoms with Crippen LogP contribution in [-0.2, 0) is 9.53 Å². The first-order valence-corrected chi connectivity index (χ1v) is 12.7. The van der Waals surface area contributed by atoms with Crippen LogP contribution in [0.3, 0.4) is 0 Å². The molecule has 0 bridgehead atoms. The summed E-state index contributed by atoms with van der Waals surface area (Å²) >= 11 is 0. The number of nitrogens with one attached hydrogen (secondary N) is 1. The van der Waals surface area contributed by atoms with Crippen molar-refractivity contribution in [2.45, 2.75) is 70.8 Å². The molecule has 1 fully saturated rings. The molecule has 2 aromatic carbocycles. The second-order valence-electron chi connectivity index (χ2n) is 8.88. The Morgan fingerprint density at radius 1 is 0.971 bits per heavy atom. The van der Waals surface area contributed by atoms with E-state index in [1.54, 1.807) is 37.5 Å². The first-order chi connectivity index (χ1) is 17.1. The van der Waals surface area contributed by atoms with Gasteiger partial charge in [-0.25, -0.2) is 4.79 Å². The van der Waals surface area contributed by atoms with Gasteiger partial charge in [-0.3, -0.25) is 4.79 Å². The molecule has 188 valence electrons. The van der Waals surface area contributed by atoms with Crippen molar-refractivity contribution in [1.29, 1.82) is 0 Å². The van der Waals surface area contributed by atoms with Gasteiger partial charge in [0, 0.05) is 11.8 Å². The lowest BCUT2D eigenvalue weighted by Crippen LogP contribution is -2.20. The van der Waals surface area contributed by atoms with Crippen LogP contribution in [0.25, 0.3) is 6.08 Å². The Kier molecular flexibility index (Phi) is 10.7. The van der Waals surface area contributed by atoms with E-state index in [2.05, 4.69) is 12.2 Å². The van der Waals surface area contributed by atoms with Crippen molar-refractivity contribution in [1.82, 2.24) is 0 Å². The maximum absolute atomic E-state index is 12.4. The zero-order valence-corrected chi connectivity index (χ0v) is 20.9. The normalized spacial score (nSPS) is 14.0. The lowest BCUT2D eigenvalue weighted by atomic mass is 9.98. The maximum Gasteiger partial charge on any atom is 0.338 e. The first kappa shape index (κ1) is 26.3. The quantitative estimate of drug-likeness (QED) is 0.206. The van der Waals surface area contributed by atoms with Crippen LogP contribution in [0.5, 0.6) is 11.5 Å². The molecule has 1 aliphatic carbocycles. The Hall–Kier alpha value is -3.28. The van der Waals surface area contributed by atoms with Crippen molar-refractivity contribution in [3.05, 3.63) is 59.7 Å². The average Bonchev–Trinajstić information content (AvgIpc) is 2.88. The summed E-state index contributed by atoms with van der Waals surface area (Å²) in [6.07, 6.45) is 13.1. The van der Waals surface area contributed by atoms with E-state index in [1.165, 1.54) is 25.3 Å². The highest BCUT2D eigenvalue weighted by atomic mass is 16.5. The minimum Gasteiger partial charge on any atom is -0.493 e. The second kappa shape index (κ2) is 14.2. The predicted octanol–water partition coefficient (Wildman–Crippen LogP) is 6.80. The molecule has 0 spiro atoms. The Labute approximate surface area is 208 Å². The molecule has 0 aliphatic heterocycles. The summed E-state index contributed by atoms with van der Waals surface area (Å²) in [6.45, 7) is 2.84. The fourth-order valence-electron chi connectivity index (χ4n) is 4.07. The van der Waals surface area contributed by atoms with E-state index < -0.39 is 0 Å². The molecular weight excluding hydrogens is 442 g/mol. The molecule has 1 N–H and O–H groups in total. The highest BCUT2D eigenvalue weighted by molar-refractivity contribution is 6.02. The number of anilines is 1. The van der Waals surface area contributed by atoms with Gasteiger partial charge in [0.15, 0.2) is 11.5 Å². The fourth-order valence-corrected chi connectivity index (χ4v) is 4.07. The number of amides is 1. The first-order valence-electron chi connectivity index (χ1n) is 12.7. The molecule has 0 saturated heterocycles. The lowest BCUT2D eigenvalue weighted by molar-refractivity contribution is -0.111. The minimum atomic E-state index is -0.308. The van der Waals surface area contributed by atoms with Crippen LogP contribution in [0.4, 0.5) is 5.69 Å². The number of hydrogen-bond donors (Lipinski definition) is 1. The summed E-state index contributed by atoms with van der Waals surface area (Å²) in [5, 5.41) is 2.81. The van der Waals surface area contributed by atoms with Crippen LogP contribution >= 0.6 is 0 Å². The number of ether oxygens (including phenoxy) is 3. The molecule has 0 aromatic heterocycles. The van der Waals surface area contributed by atoms with Crippen LogP contribution in [-0.4, -0.2) is 31.7 Å². The standard InChI is InChI=1S/C29H37NO5/c1-3-4-5-9-20-34-26-18-12-22(21-27(26)33-2)13-19-28(31)30-24-16-14-23(15-17-24)29(32)35-25-10-7-6-8-11-25/h12-19,21,25H,3-11,20H2,1-2H3,(H,30,31)/b19-13+. The molecule has 0 radical (unpaired) electrons. The molecule has 1 saturated carbocycles. The summed E-state index contributed by atoms with van der Waals surface area (Å²) < 4.78 is 16.9. The average molecular weight is 480 g/mol. The van der Waals surface area contributed by atoms with E-state index in [1.807, 2.05) is 18.2 Å². The van der Waals surface area contributed by atoms with E-state index >= 15 is 0 Å². The Morgan fingerprint density at radius 3 is 2.46 bits per heavy atom. The van der Waals surface area contributed by atoms with Gasteiger partial charge in [-0.05, 0) is 80.1 Å². The molecule has 6 nitrogen and oxygen atoms in total. The van der Waals surface area contributed by atoms with E-state index in [-0.39, 0.29) is 18.0 Å². The summed E-state index contributed by atoms with van der Waals surface area (Å²) in [6, 6.07) is 12.4. The van der Waals surface area contributed by atoms with E-state index in [4.69, 9.17) is 14.2 Å². The molecule has 2 aromatic rings. The van der Waals surface area contributed by atoms with Gasteiger partial charge in [-0.15, -0.1) is 0 Å². The predicted molar refractivity (Wildman–Crippen MR) is 139 cm³/mol. The largest absolute Gasteiger partial charge is 0.493 e. The fraction of sp³-hybridized carbons (Fsp3) is 0.448. The van der Waals surface area contributed by atoms with Gasteiger partial charge in [0.1, 0.15) is 6.10 Å². The maximum atomic E-state index is 12.4. The van der Waals surface area contributed by atoms with Gasteiger partial charge >= 0.3 is 5.97 Å². The van der Waals surface area contributed by atoms with Gasteiger partial charge in [-0.2, -0.15) is 0 Å². The molecule has 0 heterocycles. The number of methoxy groups -OCH3 is 1. The van der Waals surface area contributed by atoms with Gasteiger partial charge in [0.2, 0.25) is 5.91 Å². The smallest absolute Gasteiger partial charge is 0.338 e. The third-order valence-corrected chi connectivity index (χ3v) is 6.08. The van der Waals surface area contributed by atoms with Crippen molar-refractivity contribution in [2.75, 3.05) is 19.0 Å². The molecule has 3 rings (SSSR count). The highest BCUT2D eigenvalue weighted by Gasteiger charge is 2.18. The van der Waals surface area contributed by atoms with Crippen molar-refractivity contribution in [2.24, 2.45) is 0 Å². The number of esters is 1. The number of benzene rings is 2. The van der Waals surface area contributed by atoms with E-state index in [0.717, 1.165) is 44.1 Å². The molecule has 35 heavy (non-hydrogen) atoms. The van der Waals surface area contributed by atoms with Gasteiger partial charge in [0.05, 0.1) is 19.3 Å². The zero-order valence-electron chi connectivity index (χ0n) is 20.9. The van der Waals surface area contributed by atoms with Crippen LogP contribution < -0.4 is 14.8 Å². The minimum absolute atomic E-state index is 0.0193. The van der Waals surface area contributed by atoms with Crippen molar-refractivity contribution in [3.63, 3.8) is 0 Å². The summed E-state index contributed by atoms with van der Waals surface area (Å²) in [4.78, 5) is 24.7. The molecule has 1 amide bonds. The van der Waals surface area contributed by atoms with Crippen molar-refractivity contribution < 1.29 is 23.8 Å². The number of unbranched alkanes of at least 4 members (excludes halogenated alkanes) is 3. The van der Waals surface area contributed by atoms with E-state index in [0.29, 0.717) is 29.4 Å². The summed E-state index contributed by atoms with van der Waals surface area (Å²) in [5.74, 6) is 0.765. The van der Waals surface area contributed by atoms with Crippen LogP contribution in [0.1, 0.15) is 80.6 Å². The second-order valence-corrected chi connectivity index (χ2v) is 8.88. The molecule has 1 aliphatic rings. The Balaban J connectivity index is 1.49. The van der Waals surface area contributed by atoms with Gasteiger partial charge in [-0.1, -0.05) is 38.7 Å². The lowest BCUT2D eigenvalue weighted by Gasteiger charge is -2.21. The molecule has 6 heteroatoms. The zero-order chi connectivity index (χ0) is 24.9. The molecular formula is C29H37NO5. The Morgan fingerprint density at radius 2 is 1.74 bits per heavy atom. The SMILES string of the molecule is CCCCCCOc1ccc(/C=C/C(=O)Nc2ccc(C(=O)OC3CCCCC3)cc2)cc1OC. The number of hydrogen-bond acceptors (Lipinski definition) is 5. The topological polar surface area (TPSA) is 73.9 Å².